The molecule has 0 fully saturated rings. The number of rotatable bonds is 8. The first-order valence-electron chi connectivity index (χ1n) is 12.1. The highest BCUT2D eigenvalue weighted by Crippen LogP contribution is 2.43. The van der Waals surface area contributed by atoms with Gasteiger partial charge in [0.1, 0.15) is 0 Å². The molecule has 1 heterocycles. The van der Waals surface area contributed by atoms with Crippen LogP contribution in [0.2, 0.25) is 0 Å². The molecule has 5 rings (SSSR count). The third kappa shape index (κ3) is 3.47. The Balaban J connectivity index is 1.82. The lowest BCUT2D eigenvalue weighted by Crippen LogP contribution is -2.12. The van der Waals surface area contributed by atoms with Crippen molar-refractivity contribution in [2.24, 2.45) is 7.05 Å². The Hall–Kier alpha value is -3.60. The minimum atomic E-state index is -0.406. The minimum Gasteiger partial charge on any atom is -0.462 e. The lowest BCUT2D eigenvalue weighted by molar-refractivity contribution is 0.0500. The van der Waals surface area contributed by atoms with Gasteiger partial charge in [-0.25, -0.2) is 9.59 Å². The fourth-order valence-electron chi connectivity index (χ4n) is 4.93. The lowest BCUT2D eigenvalue weighted by atomic mass is 9.88. The second-order valence-electron chi connectivity index (χ2n) is 8.90. The highest BCUT2D eigenvalue weighted by Gasteiger charge is 2.24. The molecule has 0 unspecified atom stereocenters. The van der Waals surface area contributed by atoms with E-state index in [-0.39, 0.29) is 0 Å². The standard InChI is InChI=1S/C29H29NO4/c1-4-6-15-33-28(31)21-13-11-19-18-9-8-10-24-25(18)23(17-30(24)3)20-12-14-22(27(21)26(19)20)29(32)34-16-7-5-2/h8-14,17H,4-7,15-16H2,1-3H3. The van der Waals surface area contributed by atoms with Crippen molar-refractivity contribution in [3.05, 3.63) is 59.8 Å². The molecular formula is C29H29NO4. The predicted octanol–water partition coefficient (Wildman–Crippen LogP) is 6.99. The summed E-state index contributed by atoms with van der Waals surface area (Å²) >= 11 is 0. The summed E-state index contributed by atoms with van der Waals surface area (Å²) in [5.74, 6) is -0.811. The number of esters is 2. The Labute approximate surface area is 198 Å². The number of carbonyl (C=O) groups excluding carboxylic acids is 2. The summed E-state index contributed by atoms with van der Waals surface area (Å²) in [5.41, 5.74) is 1.97. The number of fused-ring (bicyclic) bond motifs is 2. The lowest BCUT2D eigenvalue weighted by Gasteiger charge is -2.16. The average molecular weight is 456 g/mol. The van der Waals surface area contributed by atoms with Crippen molar-refractivity contribution < 1.29 is 19.1 Å². The Bertz CT molecular complexity index is 1500. The van der Waals surface area contributed by atoms with Gasteiger partial charge >= 0.3 is 11.9 Å². The Morgan fingerprint density at radius 1 is 0.706 bits per heavy atom. The summed E-state index contributed by atoms with van der Waals surface area (Å²) in [6, 6.07) is 13.8. The van der Waals surface area contributed by atoms with E-state index in [4.69, 9.17) is 9.47 Å². The van der Waals surface area contributed by atoms with Gasteiger partial charge in [-0.15, -0.1) is 0 Å². The quantitative estimate of drug-likeness (QED) is 0.109. The summed E-state index contributed by atoms with van der Waals surface area (Å²) < 4.78 is 13.3. The maximum Gasteiger partial charge on any atom is 0.338 e. The van der Waals surface area contributed by atoms with Crippen LogP contribution in [0.15, 0.2) is 48.7 Å². The first kappa shape index (κ1) is 22.2. The van der Waals surface area contributed by atoms with Gasteiger partial charge in [-0.2, -0.15) is 0 Å². The highest BCUT2D eigenvalue weighted by molar-refractivity contribution is 6.35. The highest BCUT2D eigenvalue weighted by atomic mass is 16.5. The molecule has 0 N–H and O–H groups in total. The van der Waals surface area contributed by atoms with E-state index in [1.54, 1.807) is 12.1 Å². The van der Waals surface area contributed by atoms with Gasteiger partial charge in [0.2, 0.25) is 0 Å². The van der Waals surface area contributed by atoms with Crippen molar-refractivity contribution in [2.45, 2.75) is 39.5 Å². The Kier molecular flexibility index (Phi) is 5.86. The molecule has 5 aromatic rings. The second kappa shape index (κ2) is 8.98. The summed E-state index contributed by atoms with van der Waals surface area (Å²) in [6.45, 7) is 4.82. The van der Waals surface area contributed by atoms with Crippen molar-refractivity contribution in [3.8, 4) is 0 Å². The van der Waals surface area contributed by atoms with Crippen LogP contribution in [0.1, 0.15) is 60.2 Å². The molecule has 5 nitrogen and oxygen atoms in total. The van der Waals surface area contributed by atoms with E-state index in [1.165, 1.54) is 5.39 Å². The predicted molar refractivity (Wildman–Crippen MR) is 137 cm³/mol. The zero-order chi connectivity index (χ0) is 23.8. The largest absolute Gasteiger partial charge is 0.462 e. The second-order valence-corrected chi connectivity index (χ2v) is 8.90. The molecule has 34 heavy (non-hydrogen) atoms. The molecule has 1 aromatic heterocycles. The van der Waals surface area contributed by atoms with Gasteiger partial charge in [0.25, 0.3) is 0 Å². The number of aromatic nitrogens is 1. The SMILES string of the molecule is CCCCOC(=O)c1ccc2c3cccc4c3c(cn4C)c3ccc(C(=O)OCCCC)c1c23. The van der Waals surface area contributed by atoms with Crippen LogP contribution in [-0.2, 0) is 16.5 Å². The number of hydrogen-bond acceptors (Lipinski definition) is 4. The number of unbranched alkanes of at least 4 members (excludes halogenated alkanes) is 2. The number of carbonyl (C=O) groups is 2. The molecule has 0 radical (unpaired) electrons. The van der Waals surface area contributed by atoms with Crippen molar-refractivity contribution in [1.82, 2.24) is 4.57 Å². The molecule has 174 valence electrons. The number of hydrogen-bond donors (Lipinski definition) is 0. The molecule has 0 saturated carbocycles. The van der Waals surface area contributed by atoms with Crippen molar-refractivity contribution >= 4 is 55.2 Å². The molecule has 0 spiro atoms. The van der Waals surface area contributed by atoms with Crippen LogP contribution in [0.5, 0.6) is 0 Å². The fraction of sp³-hybridized carbons (Fsp3) is 0.310. The zero-order valence-corrected chi connectivity index (χ0v) is 19.9. The van der Waals surface area contributed by atoms with E-state index in [2.05, 4.69) is 36.7 Å². The molecule has 5 heteroatoms. The van der Waals surface area contributed by atoms with Gasteiger partial charge in [-0.05, 0) is 52.6 Å². The maximum absolute atomic E-state index is 13.2. The third-order valence-electron chi connectivity index (χ3n) is 6.66. The van der Waals surface area contributed by atoms with Gasteiger partial charge in [-0.1, -0.05) is 51.0 Å². The van der Waals surface area contributed by atoms with Gasteiger partial charge in [0, 0.05) is 34.9 Å². The van der Waals surface area contributed by atoms with E-state index in [0.29, 0.717) is 29.7 Å². The minimum absolute atomic E-state index is 0.358. The molecule has 0 bridgehead atoms. The molecule has 4 aromatic carbocycles. The number of ether oxygens (including phenoxy) is 2. The van der Waals surface area contributed by atoms with E-state index < -0.39 is 11.9 Å². The van der Waals surface area contributed by atoms with Gasteiger partial charge in [-0.3, -0.25) is 0 Å². The van der Waals surface area contributed by atoms with E-state index >= 15 is 0 Å². The van der Waals surface area contributed by atoms with Crippen LogP contribution in [0.25, 0.3) is 43.2 Å². The first-order valence-corrected chi connectivity index (χ1v) is 12.1. The summed E-state index contributed by atoms with van der Waals surface area (Å²) in [7, 11) is 2.04. The van der Waals surface area contributed by atoms with Crippen LogP contribution in [0, 0.1) is 0 Å². The number of nitrogens with zero attached hydrogens (tertiary/aromatic N) is 1. The van der Waals surface area contributed by atoms with Gasteiger partial charge in [0.05, 0.1) is 24.3 Å². The average Bonchev–Trinajstić information content (AvgIpc) is 3.19. The van der Waals surface area contributed by atoms with Crippen molar-refractivity contribution in [3.63, 3.8) is 0 Å². The third-order valence-corrected chi connectivity index (χ3v) is 6.66. The van der Waals surface area contributed by atoms with E-state index in [9.17, 15) is 9.59 Å². The monoisotopic (exact) mass is 455 g/mol. The van der Waals surface area contributed by atoms with Crippen LogP contribution >= 0.6 is 0 Å². The van der Waals surface area contributed by atoms with E-state index in [0.717, 1.165) is 58.1 Å². The Morgan fingerprint density at radius 3 is 1.85 bits per heavy atom. The number of benzene rings is 4. The molecule has 0 atom stereocenters. The first-order chi connectivity index (χ1) is 16.6. The van der Waals surface area contributed by atoms with Crippen LogP contribution in [-0.4, -0.2) is 29.7 Å². The topological polar surface area (TPSA) is 57.5 Å². The smallest absolute Gasteiger partial charge is 0.338 e. The van der Waals surface area contributed by atoms with Crippen LogP contribution in [0.4, 0.5) is 0 Å². The molecule has 0 amide bonds. The van der Waals surface area contributed by atoms with Crippen molar-refractivity contribution in [2.75, 3.05) is 13.2 Å². The molecular weight excluding hydrogens is 426 g/mol. The van der Waals surface area contributed by atoms with Crippen molar-refractivity contribution in [1.29, 1.82) is 0 Å². The van der Waals surface area contributed by atoms with E-state index in [1.807, 2.05) is 25.2 Å². The summed E-state index contributed by atoms with van der Waals surface area (Å²) in [6.07, 6.45) is 5.60. The fourth-order valence-corrected chi connectivity index (χ4v) is 4.93. The Morgan fingerprint density at radius 2 is 1.26 bits per heavy atom. The summed E-state index contributed by atoms with van der Waals surface area (Å²) in [5, 5.41) is 6.95. The summed E-state index contributed by atoms with van der Waals surface area (Å²) in [4.78, 5) is 26.3. The van der Waals surface area contributed by atoms with Crippen LogP contribution in [0.3, 0.4) is 0 Å². The molecule has 0 aliphatic heterocycles. The maximum atomic E-state index is 13.2. The molecule has 0 aliphatic carbocycles. The molecule has 0 saturated heterocycles. The van der Waals surface area contributed by atoms with Gasteiger partial charge in [0.15, 0.2) is 0 Å². The van der Waals surface area contributed by atoms with Gasteiger partial charge < -0.3 is 14.0 Å². The van der Waals surface area contributed by atoms with Crippen LogP contribution < -0.4 is 0 Å². The normalized spacial score (nSPS) is 11.7. The number of aryl methyl sites for hydroxylation is 1. The molecule has 0 aliphatic rings. The zero-order valence-electron chi connectivity index (χ0n) is 19.9.